The predicted octanol–water partition coefficient (Wildman–Crippen LogP) is 4.51. The van der Waals surface area contributed by atoms with Crippen LogP contribution in [0.15, 0.2) is 36.4 Å². The smallest absolute Gasteiger partial charge is 0.260 e. The Kier molecular flexibility index (Phi) is 5.24. The lowest BCUT2D eigenvalue weighted by Crippen LogP contribution is -2.17. The first-order valence-electron chi connectivity index (χ1n) is 9.32. The van der Waals surface area contributed by atoms with Crippen molar-refractivity contribution >= 4 is 23.5 Å². The van der Waals surface area contributed by atoms with Crippen LogP contribution in [-0.2, 0) is 11.5 Å². The molecule has 4 rings (SSSR count). The highest BCUT2D eigenvalue weighted by atomic mass is 32.2. The number of hydrogen-bond donors (Lipinski definition) is 1. The molecule has 7 heteroatoms. The van der Waals surface area contributed by atoms with Crippen LogP contribution in [0, 0.1) is 13.8 Å². The van der Waals surface area contributed by atoms with Crippen LogP contribution in [0.2, 0.25) is 0 Å². The first kappa shape index (κ1) is 19.4. The summed E-state index contributed by atoms with van der Waals surface area (Å²) in [4.78, 5) is 13.2. The highest BCUT2D eigenvalue weighted by molar-refractivity contribution is 7.98. The Morgan fingerprint density at radius 3 is 2.66 bits per heavy atom. The molecule has 1 aliphatic heterocycles. The van der Waals surface area contributed by atoms with E-state index in [1.807, 2.05) is 10.7 Å². The lowest BCUT2D eigenvalue weighted by Gasteiger charge is -2.15. The Balaban J connectivity index is 1.76. The van der Waals surface area contributed by atoms with Crippen LogP contribution < -0.4 is 14.8 Å². The SMILES string of the molecule is COc1cccc(C(=O)Nc2c3c(nn2-c2ccc(C)c(C)c2)CSC3)c1OC. The summed E-state index contributed by atoms with van der Waals surface area (Å²) < 4.78 is 12.6. The fraction of sp³-hybridized carbons (Fsp3) is 0.273. The Bertz CT molecular complexity index is 1090. The molecule has 1 amide bonds. The van der Waals surface area contributed by atoms with E-state index < -0.39 is 0 Å². The maximum atomic E-state index is 13.2. The number of carbonyl (C=O) groups excluding carboxylic acids is 1. The number of aromatic nitrogens is 2. The number of fused-ring (bicyclic) bond motifs is 1. The van der Waals surface area contributed by atoms with Crippen molar-refractivity contribution in [1.29, 1.82) is 0 Å². The average molecular weight is 410 g/mol. The van der Waals surface area contributed by atoms with E-state index in [4.69, 9.17) is 14.6 Å². The molecular formula is C22H23N3O3S. The number of benzene rings is 2. The van der Waals surface area contributed by atoms with Crippen LogP contribution in [0.3, 0.4) is 0 Å². The fourth-order valence-electron chi connectivity index (χ4n) is 3.43. The first-order chi connectivity index (χ1) is 14.0. The second-order valence-corrected chi connectivity index (χ2v) is 7.93. The Morgan fingerprint density at radius 2 is 1.93 bits per heavy atom. The molecule has 0 spiro atoms. The number of methoxy groups -OCH3 is 2. The monoisotopic (exact) mass is 409 g/mol. The zero-order valence-electron chi connectivity index (χ0n) is 16.9. The number of nitrogens with one attached hydrogen (secondary N) is 1. The van der Waals surface area contributed by atoms with Gasteiger partial charge in [-0.25, -0.2) is 4.68 Å². The molecule has 1 aliphatic rings. The minimum Gasteiger partial charge on any atom is -0.493 e. The lowest BCUT2D eigenvalue weighted by atomic mass is 10.1. The third kappa shape index (κ3) is 3.46. The van der Waals surface area contributed by atoms with Gasteiger partial charge in [-0.1, -0.05) is 12.1 Å². The zero-order valence-corrected chi connectivity index (χ0v) is 17.7. The van der Waals surface area contributed by atoms with Crippen molar-refractivity contribution in [2.24, 2.45) is 0 Å². The number of ether oxygens (including phenoxy) is 2. The second-order valence-electron chi connectivity index (χ2n) is 6.94. The molecule has 0 unspecified atom stereocenters. The molecular weight excluding hydrogens is 386 g/mol. The van der Waals surface area contributed by atoms with Gasteiger partial charge in [-0.3, -0.25) is 4.79 Å². The number of rotatable bonds is 5. The van der Waals surface area contributed by atoms with Crippen LogP contribution in [0.25, 0.3) is 5.69 Å². The maximum absolute atomic E-state index is 13.2. The number of aryl methyl sites for hydroxylation is 2. The summed E-state index contributed by atoms with van der Waals surface area (Å²) in [5, 5.41) is 7.86. The molecule has 2 heterocycles. The maximum Gasteiger partial charge on any atom is 0.260 e. The molecule has 0 radical (unpaired) electrons. The van der Waals surface area contributed by atoms with Crippen LogP contribution in [-0.4, -0.2) is 29.9 Å². The number of carbonyl (C=O) groups is 1. The highest BCUT2D eigenvalue weighted by Gasteiger charge is 2.26. The van der Waals surface area contributed by atoms with E-state index >= 15 is 0 Å². The van der Waals surface area contributed by atoms with Gasteiger partial charge in [0, 0.05) is 17.1 Å². The van der Waals surface area contributed by atoms with E-state index in [9.17, 15) is 4.79 Å². The molecule has 0 saturated heterocycles. The predicted molar refractivity (Wildman–Crippen MR) is 116 cm³/mol. The fourth-order valence-corrected chi connectivity index (χ4v) is 4.46. The van der Waals surface area contributed by atoms with Gasteiger partial charge >= 0.3 is 0 Å². The molecule has 0 bridgehead atoms. The summed E-state index contributed by atoms with van der Waals surface area (Å²) in [7, 11) is 3.08. The molecule has 0 fully saturated rings. The van der Waals surface area contributed by atoms with Gasteiger partial charge in [0.15, 0.2) is 11.5 Å². The first-order valence-corrected chi connectivity index (χ1v) is 10.5. The number of nitrogens with zero attached hydrogens (tertiary/aromatic N) is 2. The summed E-state index contributed by atoms with van der Waals surface area (Å²) in [6, 6.07) is 11.5. The van der Waals surface area contributed by atoms with Crippen molar-refractivity contribution in [2.75, 3.05) is 19.5 Å². The Morgan fingerprint density at radius 1 is 1.10 bits per heavy atom. The topological polar surface area (TPSA) is 65.4 Å². The summed E-state index contributed by atoms with van der Waals surface area (Å²) >= 11 is 1.80. The van der Waals surface area contributed by atoms with E-state index in [1.165, 1.54) is 18.2 Å². The standard InChI is InChI=1S/C22H23N3O3S/c1-13-8-9-15(10-14(13)2)25-21(17-11-29-12-18(17)24-25)23-22(26)16-6-5-7-19(27-3)20(16)28-4/h5-10H,11-12H2,1-4H3,(H,23,26). The van der Waals surface area contributed by atoms with E-state index in [-0.39, 0.29) is 5.91 Å². The van der Waals surface area contributed by atoms with E-state index in [2.05, 4.69) is 31.3 Å². The van der Waals surface area contributed by atoms with Gasteiger partial charge in [-0.2, -0.15) is 16.9 Å². The molecule has 0 aliphatic carbocycles. The third-order valence-electron chi connectivity index (χ3n) is 5.17. The number of amides is 1. The largest absolute Gasteiger partial charge is 0.493 e. The lowest BCUT2D eigenvalue weighted by molar-refractivity contribution is 0.102. The summed E-state index contributed by atoms with van der Waals surface area (Å²) in [6.45, 7) is 4.15. The van der Waals surface area contributed by atoms with Crippen LogP contribution >= 0.6 is 11.8 Å². The quantitative estimate of drug-likeness (QED) is 0.672. The summed E-state index contributed by atoms with van der Waals surface area (Å²) in [5.74, 6) is 3.05. The molecule has 0 saturated carbocycles. The minimum atomic E-state index is -0.259. The molecule has 150 valence electrons. The zero-order chi connectivity index (χ0) is 20.5. The van der Waals surface area contributed by atoms with Crippen LogP contribution in [0.4, 0.5) is 5.82 Å². The minimum absolute atomic E-state index is 0.259. The average Bonchev–Trinajstić information content (AvgIpc) is 3.32. The van der Waals surface area contributed by atoms with Crippen molar-refractivity contribution in [1.82, 2.24) is 9.78 Å². The molecule has 1 N–H and O–H groups in total. The number of para-hydroxylation sites is 1. The van der Waals surface area contributed by atoms with Crippen molar-refractivity contribution in [3.05, 3.63) is 64.3 Å². The van der Waals surface area contributed by atoms with Gasteiger partial charge in [0.1, 0.15) is 5.82 Å². The molecule has 2 aromatic carbocycles. The van der Waals surface area contributed by atoms with Gasteiger partial charge in [0.2, 0.25) is 0 Å². The van der Waals surface area contributed by atoms with Gasteiger partial charge in [0.25, 0.3) is 5.91 Å². The van der Waals surface area contributed by atoms with Gasteiger partial charge in [0.05, 0.1) is 31.2 Å². The number of anilines is 1. The Labute approximate surface area is 174 Å². The third-order valence-corrected chi connectivity index (χ3v) is 6.14. The van der Waals surface area contributed by atoms with Gasteiger partial charge < -0.3 is 14.8 Å². The van der Waals surface area contributed by atoms with Crippen molar-refractivity contribution < 1.29 is 14.3 Å². The van der Waals surface area contributed by atoms with Gasteiger partial charge in [-0.15, -0.1) is 0 Å². The Hall–Kier alpha value is -2.93. The molecule has 6 nitrogen and oxygen atoms in total. The van der Waals surface area contributed by atoms with E-state index in [0.717, 1.165) is 28.5 Å². The highest BCUT2D eigenvalue weighted by Crippen LogP contribution is 2.37. The molecule has 3 aromatic rings. The van der Waals surface area contributed by atoms with Crippen LogP contribution in [0.5, 0.6) is 11.5 Å². The second kappa shape index (κ2) is 7.83. The van der Waals surface area contributed by atoms with Crippen molar-refractivity contribution in [2.45, 2.75) is 25.4 Å². The van der Waals surface area contributed by atoms with E-state index in [1.54, 1.807) is 37.1 Å². The molecule has 29 heavy (non-hydrogen) atoms. The summed E-state index contributed by atoms with van der Waals surface area (Å²) in [6.07, 6.45) is 0. The summed E-state index contributed by atoms with van der Waals surface area (Å²) in [5.41, 5.74) is 5.83. The van der Waals surface area contributed by atoms with E-state index in [0.29, 0.717) is 22.9 Å². The number of thioether (sulfide) groups is 1. The molecule has 1 aromatic heterocycles. The van der Waals surface area contributed by atoms with Crippen molar-refractivity contribution in [3.8, 4) is 17.2 Å². The number of hydrogen-bond acceptors (Lipinski definition) is 5. The van der Waals surface area contributed by atoms with Gasteiger partial charge in [-0.05, 0) is 49.2 Å². The van der Waals surface area contributed by atoms with Crippen molar-refractivity contribution in [3.63, 3.8) is 0 Å². The van der Waals surface area contributed by atoms with Crippen LogP contribution in [0.1, 0.15) is 32.7 Å². The molecule has 0 atom stereocenters. The normalized spacial score (nSPS) is 12.6.